The highest BCUT2D eigenvalue weighted by Gasteiger charge is 2.51. The molecule has 49 heavy (non-hydrogen) atoms. The average Bonchev–Trinajstić information content (AvgIpc) is 3.70. The first-order chi connectivity index (χ1) is 23.3. The van der Waals surface area contributed by atoms with E-state index >= 15 is 0 Å². The second-order valence-corrected chi connectivity index (χ2v) is 16.1. The third-order valence-corrected chi connectivity index (χ3v) is 12.4. The lowest BCUT2D eigenvalue weighted by atomic mass is 9.85. The molecule has 12 nitrogen and oxygen atoms in total. The number of allylic oxidation sites excluding steroid dienone is 2. The molecule has 2 aromatic rings. The third kappa shape index (κ3) is 8.17. The predicted octanol–water partition coefficient (Wildman–Crippen LogP) is 3.72. The van der Waals surface area contributed by atoms with Gasteiger partial charge in [0.2, 0.25) is 27.7 Å². The number of methoxy groups -OCH3 is 1. The lowest BCUT2D eigenvalue weighted by Crippen LogP contribution is -2.57. The molecule has 14 heteroatoms. The van der Waals surface area contributed by atoms with Crippen LogP contribution < -0.4 is 25.2 Å². The Kier molecular flexibility index (Phi) is 11.2. The monoisotopic (exact) mass is 701 g/mol. The summed E-state index contributed by atoms with van der Waals surface area (Å²) in [4.78, 5) is 47.3. The molecule has 5 rings (SSSR count). The summed E-state index contributed by atoms with van der Waals surface area (Å²) in [5, 5.41) is 3.69. The van der Waals surface area contributed by atoms with Crippen molar-refractivity contribution in [3.63, 3.8) is 0 Å². The Bertz CT molecular complexity index is 1700. The zero-order chi connectivity index (χ0) is 35.5. The molecule has 1 aliphatic carbocycles. The van der Waals surface area contributed by atoms with E-state index in [0.717, 1.165) is 19.3 Å². The molecule has 3 aliphatic rings. The molecule has 2 aliphatic heterocycles. The second kappa shape index (κ2) is 15.0. The molecule has 1 saturated carbocycles. The number of carbonyl (C=O) groups is 3. The van der Waals surface area contributed by atoms with Gasteiger partial charge in [-0.1, -0.05) is 32.4 Å². The van der Waals surface area contributed by atoms with Gasteiger partial charge in [-0.15, -0.1) is 0 Å². The summed E-state index contributed by atoms with van der Waals surface area (Å²) in [6, 6.07) is 1.01. The molecule has 3 heterocycles. The second-order valence-electron chi connectivity index (χ2n) is 13.9. The minimum absolute atomic E-state index is 0.00649. The lowest BCUT2D eigenvalue weighted by molar-refractivity contribution is -0.141. The van der Waals surface area contributed by atoms with E-state index in [4.69, 9.17) is 15.2 Å². The Morgan fingerprint density at radius 2 is 1.88 bits per heavy atom. The molecule has 0 bridgehead atoms. The van der Waals surface area contributed by atoms with E-state index in [1.54, 1.807) is 13.0 Å². The molecule has 268 valence electrons. The van der Waals surface area contributed by atoms with Crippen LogP contribution in [0.15, 0.2) is 36.5 Å². The minimum Gasteiger partial charge on any atom is -0.494 e. The summed E-state index contributed by atoms with van der Waals surface area (Å²) < 4.78 is 53.0. The van der Waals surface area contributed by atoms with E-state index in [2.05, 4.69) is 21.9 Å². The van der Waals surface area contributed by atoms with Gasteiger partial charge in [0.15, 0.2) is 0 Å². The van der Waals surface area contributed by atoms with E-state index in [0.29, 0.717) is 42.2 Å². The number of sulfonamides is 1. The molecular formula is C35H48FN5O7S. The van der Waals surface area contributed by atoms with Gasteiger partial charge in [-0.2, -0.15) is 0 Å². The first-order valence-electron chi connectivity index (χ1n) is 17.1. The van der Waals surface area contributed by atoms with Crippen LogP contribution in [0.3, 0.4) is 0 Å². The van der Waals surface area contributed by atoms with Crippen molar-refractivity contribution >= 4 is 38.5 Å². The molecule has 1 aromatic heterocycles. The Balaban J connectivity index is 1.45. The molecule has 0 spiro atoms. The Morgan fingerprint density at radius 3 is 2.55 bits per heavy atom. The molecule has 6 unspecified atom stereocenters. The van der Waals surface area contributed by atoms with E-state index in [-0.39, 0.29) is 37.1 Å². The highest BCUT2D eigenvalue weighted by atomic mass is 32.2. The third-order valence-electron chi connectivity index (χ3n) is 10.2. The van der Waals surface area contributed by atoms with Gasteiger partial charge in [-0.3, -0.25) is 19.1 Å². The number of fused-ring (bicyclic) bond motifs is 2. The fourth-order valence-corrected chi connectivity index (χ4v) is 8.03. The average molecular weight is 702 g/mol. The number of halogens is 1. The van der Waals surface area contributed by atoms with Crippen molar-refractivity contribution < 1.29 is 36.7 Å². The number of ether oxygens (including phenoxy) is 2. The number of carbonyl (C=O) groups excluding carboxylic acids is 3. The van der Waals surface area contributed by atoms with Crippen molar-refractivity contribution in [3.05, 3.63) is 42.4 Å². The van der Waals surface area contributed by atoms with Crippen molar-refractivity contribution in [1.82, 2.24) is 19.9 Å². The first kappa shape index (κ1) is 36.5. The quantitative estimate of drug-likeness (QED) is 0.364. The summed E-state index contributed by atoms with van der Waals surface area (Å²) in [6.45, 7) is 5.69. The van der Waals surface area contributed by atoms with Crippen LogP contribution in [0.2, 0.25) is 0 Å². The number of hydrogen-bond donors (Lipinski definition) is 3. The number of pyridine rings is 1. The van der Waals surface area contributed by atoms with Crippen LogP contribution in [0.5, 0.6) is 11.6 Å². The fraction of sp³-hybridized carbons (Fsp3) is 0.600. The van der Waals surface area contributed by atoms with Gasteiger partial charge in [-0.25, -0.2) is 17.8 Å². The van der Waals surface area contributed by atoms with Crippen LogP contribution in [0.25, 0.3) is 10.8 Å². The zero-order valence-electron chi connectivity index (χ0n) is 28.6. The Morgan fingerprint density at radius 1 is 1.16 bits per heavy atom. The maximum absolute atomic E-state index is 14.3. The summed E-state index contributed by atoms with van der Waals surface area (Å²) in [5.74, 6) is -1.68. The normalized spacial score (nSPS) is 28.1. The number of aromatic nitrogens is 1. The lowest BCUT2D eigenvalue weighted by Gasteiger charge is -2.31. The molecule has 6 atom stereocenters. The van der Waals surface area contributed by atoms with Crippen molar-refractivity contribution in [1.29, 1.82) is 0 Å². The van der Waals surface area contributed by atoms with Gasteiger partial charge >= 0.3 is 0 Å². The topological polar surface area (TPSA) is 170 Å². The number of nitrogens with zero attached hydrogens (tertiary/aromatic N) is 2. The number of hydrogen-bond acceptors (Lipinski definition) is 9. The van der Waals surface area contributed by atoms with Gasteiger partial charge in [0, 0.05) is 11.8 Å². The summed E-state index contributed by atoms with van der Waals surface area (Å²) >= 11 is 0. The van der Waals surface area contributed by atoms with Crippen molar-refractivity contribution in [3.8, 4) is 11.6 Å². The van der Waals surface area contributed by atoms with Crippen molar-refractivity contribution in [2.45, 2.75) is 108 Å². The van der Waals surface area contributed by atoms with Crippen molar-refractivity contribution in [2.75, 3.05) is 13.7 Å². The number of benzene rings is 1. The summed E-state index contributed by atoms with van der Waals surface area (Å²) in [7, 11) is -2.47. The van der Waals surface area contributed by atoms with Gasteiger partial charge in [0.25, 0.3) is 5.91 Å². The largest absolute Gasteiger partial charge is 0.494 e. The van der Waals surface area contributed by atoms with E-state index in [1.807, 2.05) is 19.1 Å². The van der Waals surface area contributed by atoms with E-state index in [1.165, 1.54) is 30.3 Å². The number of rotatable bonds is 7. The number of nitrogens with two attached hydrogens (primary N) is 1. The van der Waals surface area contributed by atoms with Crippen LogP contribution in [0.4, 0.5) is 4.39 Å². The standard InChI is InChI=1S/C35H48FN5O7S/c1-5-22-16-21(2)10-8-6-7-9-11-27(31(42)40-49(45,46)35(3)14-15-35)39-32(43)28-18-24(20-41(28)34(44)30(22)37)48-33-26-17-23(36)12-13-25(26)29(47-4)19-38-33/h6-7,12-13,17,19,21-22,24,27-28,30H,5,8-11,14-16,18,20,37H2,1-4H3,(H,39,43)(H,40,42). The minimum atomic E-state index is -3.95. The molecule has 1 aromatic carbocycles. The van der Waals surface area contributed by atoms with Crippen LogP contribution in [0.1, 0.15) is 78.6 Å². The van der Waals surface area contributed by atoms with Crippen LogP contribution in [-0.4, -0.2) is 78.7 Å². The molecule has 3 amide bonds. The summed E-state index contributed by atoms with van der Waals surface area (Å²) in [5.41, 5.74) is 6.64. The van der Waals surface area contributed by atoms with Gasteiger partial charge < -0.3 is 25.4 Å². The smallest absolute Gasteiger partial charge is 0.256 e. The highest BCUT2D eigenvalue weighted by molar-refractivity contribution is 7.91. The molecule has 4 N–H and O–H groups in total. The van der Waals surface area contributed by atoms with Gasteiger partial charge in [0.1, 0.15) is 29.8 Å². The zero-order valence-corrected chi connectivity index (χ0v) is 29.4. The maximum Gasteiger partial charge on any atom is 0.256 e. The van der Waals surface area contributed by atoms with Crippen LogP contribution >= 0.6 is 0 Å². The van der Waals surface area contributed by atoms with Crippen molar-refractivity contribution in [2.24, 2.45) is 17.6 Å². The first-order valence-corrected chi connectivity index (χ1v) is 18.6. The molecule has 2 fully saturated rings. The fourth-order valence-electron chi connectivity index (χ4n) is 6.74. The molecule has 0 radical (unpaired) electrons. The highest BCUT2D eigenvalue weighted by Crippen LogP contribution is 2.42. The van der Waals surface area contributed by atoms with E-state index < -0.39 is 62.5 Å². The Hall–Kier alpha value is -3.78. The SMILES string of the molecule is CCC1CC(C)CCC=CCCC(C(=O)NS(=O)(=O)C2(C)CC2)NC(=O)C2CC(Oc3ncc(OC)c4ccc(F)cc34)CN2C(=O)C1N. The molecule has 1 saturated heterocycles. The maximum atomic E-state index is 14.3. The predicted molar refractivity (Wildman–Crippen MR) is 183 cm³/mol. The summed E-state index contributed by atoms with van der Waals surface area (Å²) in [6.07, 6.45) is 9.28. The Labute approximate surface area is 287 Å². The van der Waals surface area contributed by atoms with Crippen LogP contribution in [-0.2, 0) is 24.4 Å². The van der Waals surface area contributed by atoms with E-state index in [9.17, 15) is 27.2 Å². The number of amides is 3. The van der Waals surface area contributed by atoms with Gasteiger partial charge in [-0.05, 0) is 81.9 Å². The van der Waals surface area contributed by atoms with Crippen LogP contribution in [0, 0.1) is 17.7 Å². The number of nitrogens with one attached hydrogen (secondary N) is 2. The molecular weight excluding hydrogens is 653 g/mol. The van der Waals surface area contributed by atoms with Gasteiger partial charge in [0.05, 0.1) is 36.0 Å².